The molecule has 18 heavy (non-hydrogen) atoms. The van der Waals surface area contributed by atoms with E-state index in [1.165, 1.54) is 11.8 Å². The van der Waals surface area contributed by atoms with Crippen LogP contribution in [0.1, 0.15) is 5.56 Å². The predicted molar refractivity (Wildman–Crippen MR) is 74.8 cm³/mol. The smallest absolute Gasteiger partial charge is 0.236 e. The first-order chi connectivity index (χ1) is 8.49. The van der Waals surface area contributed by atoms with Gasteiger partial charge in [-0.05, 0) is 17.7 Å². The molecule has 1 aromatic rings. The van der Waals surface area contributed by atoms with E-state index in [1.807, 2.05) is 6.07 Å². The minimum absolute atomic E-state index is 0.133. The van der Waals surface area contributed by atoms with Gasteiger partial charge >= 0.3 is 0 Å². The zero-order chi connectivity index (χ0) is 13.5. The van der Waals surface area contributed by atoms with Gasteiger partial charge in [0.2, 0.25) is 11.8 Å². The van der Waals surface area contributed by atoms with Gasteiger partial charge in [0, 0.05) is 5.75 Å². The van der Waals surface area contributed by atoms with Crippen LogP contribution in [0.25, 0.3) is 0 Å². The molecule has 0 saturated carbocycles. The first-order valence-electron chi connectivity index (χ1n) is 5.05. The molecule has 0 heterocycles. The average molecular weight is 307 g/mol. The highest BCUT2D eigenvalue weighted by Crippen LogP contribution is 2.24. The van der Waals surface area contributed by atoms with Crippen molar-refractivity contribution in [1.82, 2.24) is 5.32 Å². The van der Waals surface area contributed by atoms with Crippen LogP contribution in [0.15, 0.2) is 18.2 Å². The number of carbonyl (C=O) groups is 2. The molecule has 0 fully saturated rings. The topological polar surface area (TPSA) is 72.2 Å². The molecule has 0 atom stereocenters. The van der Waals surface area contributed by atoms with Crippen LogP contribution in [0.4, 0.5) is 0 Å². The Labute approximate surface area is 119 Å². The second-order valence-electron chi connectivity index (χ2n) is 3.48. The minimum Gasteiger partial charge on any atom is -0.368 e. The van der Waals surface area contributed by atoms with Gasteiger partial charge in [-0.25, -0.2) is 0 Å². The maximum absolute atomic E-state index is 11.3. The van der Waals surface area contributed by atoms with E-state index in [4.69, 9.17) is 28.9 Å². The van der Waals surface area contributed by atoms with Crippen molar-refractivity contribution in [3.8, 4) is 0 Å². The van der Waals surface area contributed by atoms with E-state index in [1.54, 1.807) is 12.1 Å². The Kier molecular flexibility index (Phi) is 6.32. The summed E-state index contributed by atoms with van der Waals surface area (Å²) in [5.41, 5.74) is 5.89. The largest absolute Gasteiger partial charge is 0.368 e. The van der Waals surface area contributed by atoms with Crippen LogP contribution >= 0.6 is 35.0 Å². The lowest BCUT2D eigenvalue weighted by Gasteiger charge is -2.04. The van der Waals surface area contributed by atoms with Gasteiger partial charge in [-0.3, -0.25) is 9.59 Å². The highest BCUT2D eigenvalue weighted by Gasteiger charge is 2.04. The van der Waals surface area contributed by atoms with Crippen LogP contribution in [0.5, 0.6) is 0 Å². The van der Waals surface area contributed by atoms with Gasteiger partial charge in [0.15, 0.2) is 0 Å². The average Bonchev–Trinajstić information content (AvgIpc) is 2.31. The number of carbonyl (C=O) groups excluding carboxylic acids is 2. The Morgan fingerprint density at radius 1 is 1.28 bits per heavy atom. The van der Waals surface area contributed by atoms with Crippen molar-refractivity contribution in [2.24, 2.45) is 5.73 Å². The molecule has 1 rings (SSSR count). The first-order valence-corrected chi connectivity index (χ1v) is 6.97. The Hall–Kier alpha value is -0.910. The molecule has 98 valence electrons. The molecule has 2 amide bonds. The highest BCUT2D eigenvalue weighted by molar-refractivity contribution is 7.99. The molecule has 1 aromatic carbocycles. The molecule has 3 N–H and O–H groups in total. The Morgan fingerprint density at radius 3 is 2.61 bits per heavy atom. The number of thioether (sulfide) groups is 1. The van der Waals surface area contributed by atoms with Crippen molar-refractivity contribution >= 4 is 46.8 Å². The van der Waals surface area contributed by atoms with Gasteiger partial charge in [0.1, 0.15) is 0 Å². The normalized spacial score (nSPS) is 10.1. The molecule has 0 saturated heterocycles. The van der Waals surface area contributed by atoms with Crippen LogP contribution < -0.4 is 11.1 Å². The second kappa shape index (κ2) is 7.51. The van der Waals surface area contributed by atoms with Crippen LogP contribution in [0.3, 0.4) is 0 Å². The van der Waals surface area contributed by atoms with E-state index in [9.17, 15) is 9.59 Å². The fraction of sp³-hybridized carbons (Fsp3) is 0.273. The highest BCUT2D eigenvalue weighted by atomic mass is 35.5. The van der Waals surface area contributed by atoms with E-state index in [2.05, 4.69) is 5.32 Å². The molecule has 0 unspecified atom stereocenters. The lowest BCUT2D eigenvalue weighted by molar-refractivity contribution is -0.123. The third-order valence-electron chi connectivity index (χ3n) is 1.95. The van der Waals surface area contributed by atoms with Crippen LogP contribution in [-0.4, -0.2) is 24.1 Å². The van der Waals surface area contributed by atoms with Gasteiger partial charge in [-0.1, -0.05) is 29.3 Å². The summed E-state index contributed by atoms with van der Waals surface area (Å²) in [5, 5.41) is 3.41. The van der Waals surface area contributed by atoms with E-state index in [-0.39, 0.29) is 18.2 Å². The fourth-order valence-electron chi connectivity index (χ4n) is 1.13. The number of halogens is 2. The molecule has 7 heteroatoms. The van der Waals surface area contributed by atoms with Crippen LogP contribution in [-0.2, 0) is 15.3 Å². The summed E-state index contributed by atoms with van der Waals surface area (Å²) in [5.74, 6) is 0.116. The van der Waals surface area contributed by atoms with Gasteiger partial charge in [0.05, 0.1) is 22.3 Å². The van der Waals surface area contributed by atoms with Gasteiger partial charge in [-0.2, -0.15) is 0 Å². The van der Waals surface area contributed by atoms with Crippen molar-refractivity contribution in [3.63, 3.8) is 0 Å². The summed E-state index contributed by atoms with van der Waals surface area (Å²) in [4.78, 5) is 21.7. The molecule has 0 aliphatic rings. The standard InChI is InChI=1S/C11H12Cl2N2O2S/c12-8-2-1-7(3-9(8)13)5-18-6-11(17)15-4-10(14)16/h1-3H,4-6H2,(H2,14,16)(H,15,17). The molecule has 0 spiro atoms. The summed E-state index contributed by atoms with van der Waals surface area (Å²) < 4.78 is 0. The summed E-state index contributed by atoms with van der Waals surface area (Å²) in [6.45, 7) is -0.133. The van der Waals surface area contributed by atoms with Gasteiger partial charge in [-0.15, -0.1) is 11.8 Å². The summed E-state index contributed by atoms with van der Waals surface area (Å²) in [7, 11) is 0. The van der Waals surface area contributed by atoms with Crippen molar-refractivity contribution < 1.29 is 9.59 Å². The third kappa shape index (κ3) is 5.62. The van der Waals surface area contributed by atoms with Crippen molar-refractivity contribution in [3.05, 3.63) is 33.8 Å². The van der Waals surface area contributed by atoms with Crippen LogP contribution in [0.2, 0.25) is 10.0 Å². The summed E-state index contributed by atoms with van der Waals surface area (Å²) in [6.07, 6.45) is 0. The fourth-order valence-corrected chi connectivity index (χ4v) is 2.25. The van der Waals surface area contributed by atoms with E-state index in [0.29, 0.717) is 15.8 Å². The summed E-state index contributed by atoms with van der Waals surface area (Å²) in [6, 6.07) is 5.33. The minimum atomic E-state index is -0.558. The molecular formula is C11H12Cl2N2O2S. The van der Waals surface area contributed by atoms with Crippen LogP contribution in [0, 0.1) is 0 Å². The number of nitrogens with one attached hydrogen (secondary N) is 1. The molecule has 4 nitrogen and oxygen atoms in total. The number of primary amides is 1. The van der Waals surface area contributed by atoms with E-state index in [0.717, 1.165) is 5.56 Å². The molecule has 0 aliphatic carbocycles. The van der Waals surface area contributed by atoms with Gasteiger partial charge < -0.3 is 11.1 Å². The van der Waals surface area contributed by atoms with Crippen molar-refractivity contribution in [2.75, 3.05) is 12.3 Å². The number of hydrogen-bond acceptors (Lipinski definition) is 3. The Bertz CT molecular complexity index is 455. The predicted octanol–water partition coefficient (Wildman–Crippen LogP) is 1.83. The molecule has 0 aromatic heterocycles. The Balaban J connectivity index is 2.30. The van der Waals surface area contributed by atoms with E-state index < -0.39 is 5.91 Å². The SMILES string of the molecule is NC(=O)CNC(=O)CSCc1ccc(Cl)c(Cl)c1. The zero-order valence-corrected chi connectivity index (χ0v) is 11.7. The summed E-state index contributed by atoms with van der Waals surface area (Å²) >= 11 is 13.1. The molecule has 0 aliphatic heterocycles. The number of rotatable bonds is 6. The maximum atomic E-state index is 11.3. The molecule has 0 bridgehead atoms. The van der Waals surface area contributed by atoms with Crippen molar-refractivity contribution in [2.45, 2.75) is 5.75 Å². The number of nitrogens with two attached hydrogens (primary N) is 1. The first kappa shape index (κ1) is 15.1. The maximum Gasteiger partial charge on any atom is 0.236 e. The van der Waals surface area contributed by atoms with E-state index >= 15 is 0 Å². The third-order valence-corrected chi connectivity index (χ3v) is 3.69. The number of hydrogen-bond donors (Lipinski definition) is 2. The zero-order valence-electron chi connectivity index (χ0n) is 9.41. The monoisotopic (exact) mass is 306 g/mol. The molecule has 0 radical (unpaired) electrons. The second-order valence-corrected chi connectivity index (χ2v) is 5.28. The lowest BCUT2D eigenvalue weighted by atomic mass is 10.2. The van der Waals surface area contributed by atoms with Gasteiger partial charge in [0.25, 0.3) is 0 Å². The van der Waals surface area contributed by atoms with Crippen molar-refractivity contribution in [1.29, 1.82) is 0 Å². The molecular weight excluding hydrogens is 295 g/mol. The number of benzene rings is 1. The lowest BCUT2D eigenvalue weighted by Crippen LogP contribution is -2.34. The number of amides is 2. The Morgan fingerprint density at radius 2 is 2.00 bits per heavy atom. The quantitative estimate of drug-likeness (QED) is 0.842.